The maximum atomic E-state index is 13.3. The molecule has 9 heteroatoms. The van der Waals surface area contributed by atoms with E-state index in [0.29, 0.717) is 11.3 Å². The lowest BCUT2D eigenvalue weighted by molar-refractivity contribution is -0.137. The summed E-state index contributed by atoms with van der Waals surface area (Å²) < 4.78 is 46.5. The Hall–Kier alpha value is -3.88. The van der Waals surface area contributed by atoms with Crippen LogP contribution in [0.2, 0.25) is 0 Å². The van der Waals surface area contributed by atoms with Crippen molar-refractivity contribution in [2.75, 3.05) is 0 Å². The van der Waals surface area contributed by atoms with Crippen LogP contribution in [0.4, 0.5) is 13.2 Å². The number of hydrogen-bond acceptors (Lipinski definition) is 4. The minimum absolute atomic E-state index is 0.0173. The van der Waals surface area contributed by atoms with Crippen LogP contribution in [0.25, 0.3) is 11.0 Å². The number of carbonyl (C=O) groups is 1. The predicted octanol–water partition coefficient (Wildman–Crippen LogP) is 4.87. The normalized spacial score (nSPS) is 12.6. The lowest BCUT2D eigenvalue weighted by Crippen LogP contribution is -2.30. The Morgan fingerprint density at radius 3 is 2.56 bits per heavy atom. The molecule has 1 amide bonds. The number of nitrogens with zero attached hydrogens (tertiary/aromatic N) is 2. The molecule has 0 spiro atoms. The van der Waals surface area contributed by atoms with E-state index in [0.717, 1.165) is 17.7 Å². The number of benzene rings is 2. The fraction of sp³-hybridized carbons (Fsp3) is 0.240. The van der Waals surface area contributed by atoms with Crippen LogP contribution in [-0.4, -0.2) is 15.5 Å². The van der Waals surface area contributed by atoms with Crippen LogP contribution >= 0.6 is 0 Å². The minimum atomic E-state index is -4.54. The standard InChI is InChI=1S/C25H22F3N3O3/c1-16(22-8-5-13-34-22)29-23(32)12-10-19-24(33)31(15-17-6-3-2-4-7-17)21-11-9-18(25(26,27)28)14-20(21)30-19/h2-9,11,13-14,16H,10,12,15H2,1H3,(H,29,32). The molecular weight excluding hydrogens is 447 g/mol. The van der Waals surface area contributed by atoms with E-state index in [1.165, 1.54) is 16.9 Å². The largest absolute Gasteiger partial charge is 0.467 e. The molecule has 0 bridgehead atoms. The number of furan rings is 1. The van der Waals surface area contributed by atoms with E-state index in [1.807, 2.05) is 30.3 Å². The van der Waals surface area contributed by atoms with Crippen molar-refractivity contribution >= 4 is 16.9 Å². The van der Waals surface area contributed by atoms with Crippen molar-refractivity contribution in [2.24, 2.45) is 0 Å². The van der Waals surface area contributed by atoms with Crippen molar-refractivity contribution in [2.45, 2.75) is 38.5 Å². The van der Waals surface area contributed by atoms with Gasteiger partial charge in [0.15, 0.2) is 0 Å². The first-order chi connectivity index (χ1) is 16.2. The summed E-state index contributed by atoms with van der Waals surface area (Å²) >= 11 is 0. The van der Waals surface area contributed by atoms with Crippen molar-refractivity contribution in [3.05, 3.63) is 99.9 Å². The third kappa shape index (κ3) is 5.19. The molecule has 1 N–H and O–H groups in total. The van der Waals surface area contributed by atoms with E-state index in [-0.39, 0.29) is 42.5 Å². The fourth-order valence-corrected chi connectivity index (χ4v) is 3.72. The summed E-state index contributed by atoms with van der Waals surface area (Å²) in [7, 11) is 0. The molecule has 4 aromatic rings. The molecule has 2 heterocycles. The van der Waals surface area contributed by atoms with E-state index >= 15 is 0 Å². The second-order valence-corrected chi connectivity index (χ2v) is 7.94. The summed E-state index contributed by atoms with van der Waals surface area (Å²) in [6.45, 7) is 1.93. The van der Waals surface area contributed by atoms with Crippen molar-refractivity contribution in [3.63, 3.8) is 0 Å². The first-order valence-electron chi connectivity index (χ1n) is 10.7. The highest BCUT2D eigenvalue weighted by Gasteiger charge is 2.31. The van der Waals surface area contributed by atoms with Gasteiger partial charge in [-0.25, -0.2) is 4.98 Å². The number of rotatable bonds is 7. The number of carbonyl (C=O) groups excluding carboxylic acids is 1. The van der Waals surface area contributed by atoms with Crippen molar-refractivity contribution < 1.29 is 22.4 Å². The number of nitrogens with one attached hydrogen (secondary N) is 1. The highest BCUT2D eigenvalue weighted by Crippen LogP contribution is 2.31. The molecule has 0 aliphatic carbocycles. The maximum absolute atomic E-state index is 13.3. The Morgan fingerprint density at radius 1 is 1.12 bits per heavy atom. The Morgan fingerprint density at radius 2 is 1.88 bits per heavy atom. The molecule has 0 aliphatic rings. The second-order valence-electron chi connectivity index (χ2n) is 7.94. The Bertz CT molecular complexity index is 1350. The van der Waals surface area contributed by atoms with Gasteiger partial charge in [-0.3, -0.25) is 9.59 Å². The topological polar surface area (TPSA) is 77.1 Å². The predicted molar refractivity (Wildman–Crippen MR) is 120 cm³/mol. The third-order valence-electron chi connectivity index (χ3n) is 5.46. The summed E-state index contributed by atoms with van der Waals surface area (Å²) in [5.74, 6) is 0.255. The van der Waals surface area contributed by atoms with Gasteiger partial charge in [0, 0.05) is 12.8 Å². The van der Waals surface area contributed by atoms with E-state index in [9.17, 15) is 22.8 Å². The number of aryl methyl sites for hydroxylation is 1. The average molecular weight is 469 g/mol. The monoisotopic (exact) mass is 469 g/mol. The quantitative estimate of drug-likeness (QED) is 0.419. The molecule has 1 unspecified atom stereocenters. The van der Waals surface area contributed by atoms with Crippen LogP contribution in [0, 0.1) is 0 Å². The number of halogens is 3. The van der Waals surface area contributed by atoms with Crippen LogP contribution in [-0.2, 0) is 23.9 Å². The van der Waals surface area contributed by atoms with Crippen molar-refractivity contribution in [1.82, 2.24) is 14.9 Å². The number of amides is 1. The smallest absolute Gasteiger partial charge is 0.416 e. The van der Waals surface area contributed by atoms with Crippen LogP contribution in [0.5, 0.6) is 0 Å². The van der Waals surface area contributed by atoms with Crippen molar-refractivity contribution in [3.8, 4) is 0 Å². The first kappa shape index (κ1) is 23.3. The van der Waals surface area contributed by atoms with Gasteiger partial charge in [-0.15, -0.1) is 0 Å². The lowest BCUT2D eigenvalue weighted by Gasteiger charge is -2.15. The number of alkyl halides is 3. The number of hydrogen-bond donors (Lipinski definition) is 1. The average Bonchev–Trinajstić information content (AvgIpc) is 3.35. The van der Waals surface area contributed by atoms with Gasteiger partial charge in [-0.05, 0) is 42.8 Å². The summed E-state index contributed by atoms with van der Waals surface area (Å²) in [4.78, 5) is 29.9. The zero-order valence-electron chi connectivity index (χ0n) is 18.3. The molecular formula is C25H22F3N3O3. The van der Waals surface area contributed by atoms with Gasteiger partial charge in [0.1, 0.15) is 11.5 Å². The van der Waals surface area contributed by atoms with Gasteiger partial charge in [0.05, 0.1) is 35.4 Å². The highest BCUT2D eigenvalue weighted by atomic mass is 19.4. The van der Waals surface area contributed by atoms with Gasteiger partial charge in [-0.1, -0.05) is 30.3 Å². The van der Waals surface area contributed by atoms with Crippen molar-refractivity contribution in [1.29, 1.82) is 0 Å². The molecule has 34 heavy (non-hydrogen) atoms. The molecule has 1 atom stereocenters. The molecule has 0 radical (unpaired) electrons. The van der Waals surface area contributed by atoms with Gasteiger partial charge in [0.2, 0.25) is 5.91 Å². The minimum Gasteiger partial charge on any atom is -0.467 e. The van der Waals surface area contributed by atoms with Gasteiger partial charge >= 0.3 is 6.18 Å². The number of fused-ring (bicyclic) bond motifs is 1. The lowest BCUT2D eigenvalue weighted by atomic mass is 10.1. The van der Waals surface area contributed by atoms with Crippen LogP contribution in [0.3, 0.4) is 0 Å². The summed E-state index contributed by atoms with van der Waals surface area (Å²) in [6, 6.07) is 15.3. The molecule has 4 rings (SSSR count). The molecule has 0 saturated heterocycles. The molecule has 176 valence electrons. The van der Waals surface area contributed by atoms with Crippen LogP contribution in [0.15, 0.2) is 76.1 Å². The van der Waals surface area contributed by atoms with Gasteiger partial charge in [-0.2, -0.15) is 13.2 Å². The molecule has 2 aromatic carbocycles. The summed E-state index contributed by atoms with van der Waals surface area (Å²) in [5.41, 5.74) is -0.112. The second kappa shape index (κ2) is 9.54. The molecule has 6 nitrogen and oxygen atoms in total. The Balaban J connectivity index is 1.65. The molecule has 0 saturated carbocycles. The summed E-state index contributed by atoms with van der Waals surface area (Å²) in [6.07, 6.45) is -3.11. The molecule has 0 fully saturated rings. The van der Waals surface area contributed by atoms with Gasteiger partial charge < -0.3 is 14.3 Å². The Labute approximate surface area is 193 Å². The van der Waals surface area contributed by atoms with Crippen LogP contribution in [0.1, 0.15) is 42.0 Å². The van der Waals surface area contributed by atoms with E-state index in [4.69, 9.17) is 4.42 Å². The SMILES string of the molecule is CC(NC(=O)CCc1nc2cc(C(F)(F)F)ccc2n(Cc2ccccc2)c1=O)c1ccco1. The zero-order valence-corrected chi connectivity index (χ0v) is 18.3. The van der Waals surface area contributed by atoms with Gasteiger partial charge in [0.25, 0.3) is 5.56 Å². The van der Waals surface area contributed by atoms with E-state index in [2.05, 4.69) is 10.3 Å². The first-order valence-corrected chi connectivity index (χ1v) is 10.7. The zero-order chi connectivity index (χ0) is 24.3. The fourth-order valence-electron chi connectivity index (χ4n) is 3.72. The summed E-state index contributed by atoms with van der Waals surface area (Å²) in [5, 5.41) is 2.77. The molecule has 0 aliphatic heterocycles. The number of aromatic nitrogens is 2. The van der Waals surface area contributed by atoms with Crippen LogP contribution < -0.4 is 10.9 Å². The molecule has 2 aromatic heterocycles. The third-order valence-corrected chi connectivity index (χ3v) is 5.46. The van der Waals surface area contributed by atoms with E-state index < -0.39 is 17.3 Å². The highest BCUT2D eigenvalue weighted by molar-refractivity contribution is 5.77. The maximum Gasteiger partial charge on any atom is 0.416 e. The Kier molecular flexibility index (Phi) is 6.54. The van der Waals surface area contributed by atoms with E-state index in [1.54, 1.807) is 19.1 Å².